The number of methoxy groups -OCH3 is 1. The van der Waals surface area contributed by atoms with Crippen LogP contribution in [0.25, 0.3) is 0 Å². The molecule has 0 spiro atoms. The summed E-state index contributed by atoms with van der Waals surface area (Å²) in [6.07, 6.45) is 0. The Hall–Kier alpha value is -3.14. The lowest BCUT2D eigenvalue weighted by Gasteiger charge is -2.26. The minimum Gasteiger partial charge on any atom is -0.508 e. The van der Waals surface area contributed by atoms with Gasteiger partial charge in [-0.15, -0.1) is 0 Å². The van der Waals surface area contributed by atoms with Crippen molar-refractivity contribution >= 4 is 17.5 Å². The first-order chi connectivity index (χ1) is 15.0. The van der Waals surface area contributed by atoms with Crippen LogP contribution in [-0.2, 0) is 16.1 Å². The highest BCUT2D eigenvalue weighted by atomic mass is 16.5. The lowest BCUT2D eigenvalue weighted by Crippen LogP contribution is -2.46. The predicted molar refractivity (Wildman–Crippen MR) is 114 cm³/mol. The number of amides is 2. The molecular weight excluding hydrogens is 402 g/mol. The molecule has 3 rings (SSSR count). The molecule has 1 aliphatic rings. The molecule has 1 saturated heterocycles. The van der Waals surface area contributed by atoms with Crippen LogP contribution < -0.4 is 15.4 Å². The van der Waals surface area contributed by atoms with Crippen molar-refractivity contribution in [2.75, 3.05) is 45.3 Å². The fourth-order valence-electron chi connectivity index (χ4n) is 3.25. The maximum absolute atomic E-state index is 12.7. The number of benzene rings is 2. The molecule has 0 unspecified atom stereocenters. The Morgan fingerprint density at radius 1 is 1.16 bits per heavy atom. The summed E-state index contributed by atoms with van der Waals surface area (Å²) < 4.78 is 10.4. The molecule has 0 bridgehead atoms. The number of hydrogen-bond donors (Lipinski definition) is 4. The maximum Gasteiger partial charge on any atom is 0.252 e. The lowest BCUT2D eigenvalue weighted by atomic mass is 10.1. The molecule has 0 aliphatic carbocycles. The summed E-state index contributed by atoms with van der Waals surface area (Å²) in [6.45, 7) is 2.83. The molecule has 1 atom stereocenters. The highest BCUT2D eigenvalue weighted by Crippen LogP contribution is 2.19. The zero-order valence-corrected chi connectivity index (χ0v) is 17.3. The van der Waals surface area contributed by atoms with Crippen LogP contribution in [0, 0.1) is 0 Å². The fraction of sp³-hybridized carbons (Fsp3) is 0.364. The van der Waals surface area contributed by atoms with Crippen LogP contribution in [0.2, 0.25) is 0 Å². The molecule has 1 aliphatic heterocycles. The second-order valence-electron chi connectivity index (χ2n) is 7.20. The molecule has 9 nitrogen and oxygen atoms in total. The molecule has 31 heavy (non-hydrogen) atoms. The van der Waals surface area contributed by atoms with Gasteiger partial charge in [-0.1, -0.05) is 0 Å². The number of phenolic OH excluding ortho intramolecular Hbond substituents is 1. The van der Waals surface area contributed by atoms with Crippen molar-refractivity contribution < 1.29 is 29.3 Å². The maximum atomic E-state index is 12.7. The van der Waals surface area contributed by atoms with Crippen LogP contribution in [-0.4, -0.2) is 73.0 Å². The van der Waals surface area contributed by atoms with Gasteiger partial charge in [-0.2, -0.15) is 0 Å². The standard InChI is InChI=1S/C22H27N3O6/c1-30-19-4-2-17(3-5-19)23-22(29)20(14-26)24-21(28)16-10-15(11-18(27)12-16)13-25-6-8-31-9-7-25/h2-5,10-12,20,26-27H,6-9,13-14H2,1H3,(H,23,29)(H,24,28)/t20-/m0/s1. The molecule has 4 N–H and O–H groups in total. The van der Waals surface area contributed by atoms with Gasteiger partial charge in [0, 0.05) is 30.9 Å². The van der Waals surface area contributed by atoms with E-state index in [4.69, 9.17) is 9.47 Å². The van der Waals surface area contributed by atoms with E-state index in [1.807, 2.05) is 0 Å². The van der Waals surface area contributed by atoms with Crippen LogP contribution in [0.4, 0.5) is 5.69 Å². The summed E-state index contributed by atoms with van der Waals surface area (Å²) in [4.78, 5) is 27.3. The number of phenols is 1. The Bertz CT molecular complexity index is 897. The number of morpholine rings is 1. The number of carbonyl (C=O) groups excluding carboxylic acids is 2. The van der Waals surface area contributed by atoms with Gasteiger partial charge in [0.2, 0.25) is 5.91 Å². The van der Waals surface area contributed by atoms with E-state index in [9.17, 15) is 19.8 Å². The number of hydrogen-bond acceptors (Lipinski definition) is 7. The molecule has 1 heterocycles. The van der Waals surface area contributed by atoms with E-state index in [2.05, 4.69) is 15.5 Å². The molecule has 0 aromatic heterocycles. The predicted octanol–water partition coefficient (Wildman–Crippen LogP) is 0.962. The van der Waals surface area contributed by atoms with Gasteiger partial charge in [-0.25, -0.2) is 0 Å². The molecule has 9 heteroatoms. The zero-order valence-electron chi connectivity index (χ0n) is 17.3. The topological polar surface area (TPSA) is 120 Å². The van der Waals surface area contributed by atoms with Gasteiger partial charge in [0.25, 0.3) is 5.91 Å². The third kappa shape index (κ3) is 6.42. The van der Waals surface area contributed by atoms with E-state index in [1.165, 1.54) is 6.07 Å². The van der Waals surface area contributed by atoms with Crippen molar-refractivity contribution in [2.45, 2.75) is 12.6 Å². The third-order valence-corrected chi connectivity index (χ3v) is 4.91. The van der Waals surface area contributed by atoms with E-state index in [1.54, 1.807) is 43.5 Å². The first-order valence-electron chi connectivity index (χ1n) is 9.98. The number of aliphatic hydroxyl groups is 1. The highest BCUT2D eigenvalue weighted by Gasteiger charge is 2.22. The Morgan fingerprint density at radius 3 is 2.52 bits per heavy atom. The monoisotopic (exact) mass is 429 g/mol. The minimum absolute atomic E-state index is 0.0425. The summed E-state index contributed by atoms with van der Waals surface area (Å²) in [5, 5.41) is 24.8. The van der Waals surface area contributed by atoms with Gasteiger partial charge in [-0.05, 0) is 48.0 Å². The van der Waals surface area contributed by atoms with Gasteiger partial charge < -0.3 is 30.3 Å². The summed E-state index contributed by atoms with van der Waals surface area (Å²) in [5.41, 5.74) is 1.48. The van der Waals surface area contributed by atoms with Crippen LogP contribution in [0.3, 0.4) is 0 Å². The first-order valence-corrected chi connectivity index (χ1v) is 9.98. The Labute approximate surface area is 180 Å². The van der Waals surface area contributed by atoms with Crippen molar-refractivity contribution in [3.8, 4) is 11.5 Å². The van der Waals surface area contributed by atoms with E-state index >= 15 is 0 Å². The third-order valence-electron chi connectivity index (χ3n) is 4.91. The fourth-order valence-corrected chi connectivity index (χ4v) is 3.25. The number of aromatic hydroxyl groups is 1. The summed E-state index contributed by atoms with van der Waals surface area (Å²) in [7, 11) is 1.54. The lowest BCUT2D eigenvalue weighted by molar-refractivity contribution is -0.118. The Balaban J connectivity index is 1.64. The Morgan fingerprint density at radius 2 is 1.87 bits per heavy atom. The number of rotatable bonds is 8. The number of carbonyl (C=O) groups is 2. The van der Waals surface area contributed by atoms with Crippen molar-refractivity contribution in [3.63, 3.8) is 0 Å². The first kappa shape index (κ1) is 22.5. The van der Waals surface area contributed by atoms with Crippen molar-refractivity contribution in [1.82, 2.24) is 10.2 Å². The Kier molecular flexibility index (Phi) is 7.82. The number of ether oxygens (including phenoxy) is 2. The molecular formula is C22H27N3O6. The normalized spacial score (nSPS) is 15.2. The van der Waals surface area contributed by atoms with Crippen molar-refractivity contribution in [2.24, 2.45) is 0 Å². The zero-order chi connectivity index (χ0) is 22.2. The minimum atomic E-state index is -1.15. The van der Waals surface area contributed by atoms with E-state index < -0.39 is 24.5 Å². The van der Waals surface area contributed by atoms with E-state index in [0.717, 1.165) is 18.7 Å². The molecule has 1 fully saturated rings. The largest absolute Gasteiger partial charge is 0.508 e. The van der Waals surface area contributed by atoms with Crippen LogP contribution >= 0.6 is 0 Å². The number of anilines is 1. The quantitative estimate of drug-likeness (QED) is 0.493. The summed E-state index contributed by atoms with van der Waals surface area (Å²) >= 11 is 0. The molecule has 166 valence electrons. The average molecular weight is 429 g/mol. The summed E-state index contributed by atoms with van der Waals surface area (Å²) in [5.74, 6) is -0.529. The molecule has 2 amide bonds. The van der Waals surface area contributed by atoms with E-state index in [-0.39, 0.29) is 11.3 Å². The molecule has 0 radical (unpaired) electrons. The van der Waals surface area contributed by atoms with Gasteiger partial charge in [-0.3, -0.25) is 14.5 Å². The van der Waals surface area contributed by atoms with Crippen molar-refractivity contribution in [3.05, 3.63) is 53.6 Å². The second kappa shape index (κ2) is 10.8. The smallest absolute Gasteiger partial charge is 0.252 e. The number of aliphatic hydroxyl groups excluding tert-OH is 1. The van der Waals surface area contributed by atoms with Gasteiger partial charge in [0.05, 0.1) is 26.9 Å². The van der Waals surface area contributed by atoms with Crippen LogP contribution in [0.15, 0.2) is 42.5 Å². The average Bonchev–Trinajstić information content (AvgIpc) is 2.78. The van der Waals surface area contributed by atoms with Crippen LogP contribution in [0.5, 0.6) is 11.5 Å². The SMILES string of the molecule is COc1ccc(NC(=O)[C@H](CO)NC(=O)c2cc(O)cc(CN3CCOCC3)c2)cc1. The highest BCUT2D eigenvalue weighted by molar-refractivity contribution is 6.01. The number of nitrogens with one attached hydrogen (secondary N) is 2. The number of nitrogens with zero attached hydrogens (tertiary/aromatic N) is 1. The molecule has 2 aromatic carbocycles. The van der Waals surface area contributed by atoms with Gasteiger partial charge in [0.15, 0.2) is 0 Å². The van der Waals surface area contributed by atoms with Gasteiger partial charge >= 0.3 is 0 Å². The molecule has 0 saturated carbocycles. The van der Waals surface area contributed by atoms with E-state index in [0.29, 0.717) is 31.2 Å². The second-order valence-corrected chi connectivity index (χ2v) is 7.20. The molecule has 2 aromatic rings. The van der Waals surface area contributed by atoms with Crippen molar-refractivity contribution in [1.29, 1.82) is 0 Å². The summed E-state index contributed by atoms with van der Waals surface area (Å²) in [6, 6.07) is 10.1. The van der Waals surface area contributed by atoms with Crippen LogP contribution in [0.1, 0.15) is 15.9 Å². The van der Waals surface area contributed by atoms with Gasteiger partial charge in [0.1, 0.15) is 17.5 Å².